The zero-order chi connectivity index (χ0) is 15.1. The fourth-order valence-corrected chi connectivity index (χ4v) is 1.83. The summed E-state index contributed by atoms with van der Waals surface area (Å²) in [6.45, 7) is 3.24. The van der Waals surface area contributed by atoms with Gasteiger partial charge in [-0.25, -0.2) is 4.79 Å². The molecule has 2 amide bonds. The Labute approximate surface area is 125 Å². The van der Waals surface area contributed by atoms with E-state index < -0.39 is 5.97 Å². The van der Waals surface area contributed by atoms with E-state index in [0.717, 1.165) is 0 Å². The summed E-state index contributed by atoms with van der Waals surface area (Å²) in [5.74, 6) is -1.06. The van der Waals surface area contributed by atoms with Crippen LogP contribution in [0.4, 0.5) is 5.69 Å². The first kappa shape index (κ1) is 16.2. The molecule has 6 nitrogen and oxygen atoms in total. The van der Waals surface area contributed by atoms with Crippen LogP contribution in [0.25, 0.3) is 0 Å². The van der Waals surface area contributed by atoms with Gasteiger partial charge in [0.05, 0.1) is 24.4 Å². The first-order valence-electron chi connectivity index (χ1n) is 5.95. The number of hydrogen-bond donors (Lipinski definition) is 2. The molecule has 0 aliphatic rings. The van der Waals surface area contributed by atoms with Crippen molar-refractivity contribution >= 4 is 39.4 Å². The van der Waals surface area contributed by atoms with Crippen LogP contribution in [0, 0.1) is 0 Å². The van der Waals surface area contributed by atoms with Crippen molar-refractivity contribution in [3.05, 3.63) is 28.2 Å². The van der Waals surface area contributed by atoms with Gasteiger partial charge < -0.3 is 15.4 Å². The molecule has 1 aromatic carbocycles. The molecule has 0 atom stereocenters. The van der Waals surface area contributed by atoms with Gasteiger partial charge in [-0.3, -0.25) is 9.59 Å². The van der Waals surface area contributed by atoms with Crippen molar-refractivity contribution in [3.63, 3.8) is 0 Å². The highest BCUT2D eigenvalue weighted by Crippen LogP contribution is 2.24. The topological polar surface area (TPSA) is 84.5 Å². The van der Waals surface area contributed by atoms with Crippen LogP contribution in [0.5, 0.6) is 0 Å². The van der Waals surface area contributed by atoms with Crippen LogP contribution in [0.3, 0.4) is 0 Å². The number of halogens is 1. The first-order valence-corrected chi connectivity index (χ1v) is 6.74. The van der Waals surface area contributed by atoms with E-state index in [4.69, 9.17) is 4.74 Å². The minimum atomic E-state index is -0.427. The van der Waals surface area contributed by atoms with Gasteiger partial charge in [0.2, 0.25) is 11.8 Å². The van der Waals surface area contributed by atoms with Gasteiger partial charge in [-0.1, -0.05) is 0 Å². The van der Waals surface area contributed by atoms with E-state index in [0.29, 0.717) is 22.3 Å². The molecule has 7 heteroatoms. The van der Waals surface area contributed by atoms with Gasteiger partial charge in [-0.2, -0.15) is 0 Å². The van der Waals surface area contributed by atoms with Crippen molar-refractivity contribution in [1.29, 1.82) is 0 Å². The number of hydrogen-bond acceptors (Lipinski definition) is 4. The predicted octanol–water partition coefficient (Wildman–Crippen LogP) is 1.70. The SMILES string of the molecule is CCOC(=O)c1ccc(NC(=O)CNC(C)=O)c(Br)c1. The second-order valence-electron chi connectivity index (χ2n) is 3.87. The lowest BCUT2D eigenvalue weighted by molar-refractivity contribution is -0.122. The first-order chi connectivity index (χ1) is 9.43. The van der Waals surface area contributed by atoms with Crippen LogP contribution >= 0.6 is 15.9 Å². The van der Waals surface area contributed by atoms with E-state index in [1.807, 2.05) is 0 Å². The molecule has 2 N–H and O–H groups in total. The van der Waals surface area contributed by atoms with Crippen molar-refractivity contribution < 1.29 is 19.1 Å². The van der Waals surface area contributed by atoms with E-state index in [9.17, 15) is 14.4 Å². The van der Waals surface area contributed by atoms with Crippen LogP contribution < -0.4 is 10.6 Å². The van der Waals surface area contributed by atoms with Crippen molar-refractivity contribution in [3.8, 4) is 0 Å². The van der Waals surface area contributed by atoms with E-state index in [-0.39, 0.29) is 18.4 Å². The summed E-state index contributed by atoms with van der Waals surface area (Å²) >= 11 is 3.27. The Balaban J connectivity index is 2.71. The number of carbonyl (C=O) groups excluding carboxylic acids is 3. The highest BCUT2D eigenvalue weighted by Gasteiger charge is 2.11. The summed E-state index contributed by atoms with van der Waals surface area (Å²) in [6.07, 6.45) is 0. The average Bonchev–Trinajstić information content (AvgIpc) is 2.39. The number of carbonyl (C=O) groups is 3. The van der Waals surface area contributed by atoms with Crippen LogP contribution in [0.15, 0.2) is 22.7 Å². The maximum atomic E-state index is 11.6. The number of esters is 1. The molecule has 0 aliphatic heterocycles. The summed E-state index contributed by atoms with van der Waals surface area (Å²) in [5.41, 5.74) is 0.895. The van der Waals surface area contributed by atoms with Gasteiger partial charge in [0.1, 0.15) is 0 Å². The minimum absolute atomic E-state index is 0.110. The number of rotatable bonds is 5. The van der Waals surface area contributed by atoms with Crippen molar-refractivity contribution in [2.24, 2.45) is 0 Å². The van der Waals surface area contributed by atoms with Crippen molar-refractivity contribution in [2.45, 2.75) is 13.8 Å². The minimum Gasteiger partial charge on any atom is -0.462 e. The van der Waals surface area contributed by atoms with Gasteiger partial charge >= 0.3 is 5.97 Å². The summed E-state index contributed by atoms with van der Waals surface area (Å²) in [5, 5.41) is 5.00. The number of amides is 2. The van der Waals surface area contributed by atoms with Gasteiger partial charge in [0.15, 0.2) is 0 Å². The maximum Gasteiger partial charge on any atom is 0.338 e. The molecule has 0 unspecified atom stereocenters. The Morgan fingerprint density at radius 1 is 1.30 bits per heavy atom. The lowest BCUT2D eigenvalue weighted by atomic mass is 10.2. The molecular weight excluding hydrogens is 328 g/mol. The monoisotopic (exact) mass is 342 g/mol. The van der Waals surface area contributed by atoms with Crippen LogP contribution in [0.1, 0.15) is 24.2 Å². The quantitative estimate of drug-likeness (QED) is 0.797. The fraction of sp³-hybridized carbons (Fsp3) is 0.308. The summed E-state index contributed by atoms with van der Waals surface area (Å²) in [4.78, 5) is 33.8. The highest BCUT2D eigenvalue weighted by atomic mass is 79.9. The summed E-state index contributed by atoms with van der Waals surface area (Å²) < 4.78 is 5.43. The predicted molar refractivity (Wildman–Crippen MR) is 77.4 cm³/mol. The molecule has 0 radical (unpaired) electrons. The Morgan fingerprint density at radius 2 is 2.00 bits per heavy atom. The highest BCUT2D eigenvalue weighted by molar-refractivity contribution is 9.10. The fourth-order valence-electron chi connectivity index (χ4n) is 1.36. The molecule has 0 fully saturated rings. The Kier molecular flexibility index (Phi) is 6.17. The second kappa shape index (κ2) is 7.64. The van der Waals surface area contributed by atoms with Gasteiger partial charge in [0.25, 0.3) is 0 Å². The lowest BCUT2D eigenvalue weighted by Gasteiger charge is -2.09. The third-order valence-electron chi connectivity index (χ3n) is 2.25. The smallest absolute Gasteiger partial charge is 0.338 e. The van der Waals surface area contributed by atoms with Gasteiger partial charge in [-0.15, -0.1) is 0 Å². The molecule has 1 rings (SSSR count). The number of benzene rings is 1. The number of anilines is 1. The molecule has 0 spiro atoms. The van der Waals surface area contributed by atoms with E-state index in [1.54, 1.807) is 25.1 Å². The molecule has 0 bridgehead atoms. The largest absolute Gasteiger partial charge is 0.462 e. The molecule has 0 aliphatic carbocycles. The Morgan fingerprint density at radius 3 is 2.55 bits per heavy atom. The van der Waals surface area contributed by atoms with Gasteiger partial charge in [0, 0.05) is 11.4 Å². The van der Waals surface area contributed by atoms with E-state index in [1.165, 1.54) is 6.92 Å². The van der Waals surface area contributed by atoms with Crippen molar-refractivity contribution in [2.75, 3.05) is 18.5 Å². The molecule has 0 saturated heterocycles. The number of nitrogens with one attached hydrogen (secondary N) is 2. The summed E-state index contributed by atoms with van der Waals surface area (Å²) in [7, 11) is 0. The van der Waals surface area contributed by atoms with E-state index >= 15 is 0 Å². The Bertz CT molecular complexity index is 531. The molecule has 1 aromatic rings. The number of ether oxygens (including phenoxy) is 1. The van der Waals surface area contributed by atoms with Crippen LogP contribution in [0.2, 0.25) is 0 Å². The molecule has 0 saturated carbocycles. The third kappa shape index (κ3) is 5.00. The maximum absolute atomic E-state index is 11.6. The molecule has 20 heavy (non-hydrogen) atoms. The lowest BCUT2D eigenvalue weighted by Crippen LogP contribution is -2.31. The zero-order valence-electron chi connectivity index (χ0n) is 11.2. The molecule has 108 valence electrons. The second-order valence-corrected chi connectivity index (χ2v) is 4.73. The molecule has 0 aromatic heterocycles. The van der Waals surface area contributed by atoms with Gasteiger partial charge in [-0.05, 0) is 41.1 Å². The van der Waals surface area contributed by atoms with Crippen LogP contribution in [-0.2, 0) is 14.3 Å². The normalized spacial score (nSPS) is 9.75. The van der Waals surface area contributed by atoms with Crippen molar-refractivity contribution in [1.82, 2.24) is 5.32 Å². The van der Waals surface area contributed by atoms with Crippen LogP contribution in [-0.4, -0.2) is 30.9 Å². The van der Waals surface area contributed by atoms with E-state index in [2.05, 4.69) is 26.6 Å². The third-order valence-corrected chi connectivity index (χ3v) is 2.91. The summed E-state index contributed by atoms with van der Waals surface area (Å²) in [6, 6.07) is 4.70. The molecular formula is C13H15BrN2O4. The standard InChI is InChI=1S/C13H15BrN2O4/c1-3-20-13(19)9-4-5-11(10(14)6-9)16-12(18)7-15-8(2)17/h4-6H,3,7H2,1-2H3,(H,15,17)(H,16,18). The Hall–Kier alpha value is -1.89. The average molecular weight is 343 g/mol. The molecule has 0 heterocycles. The zero-order valence-corrected chi connectivity index (χ0v) is 12.7.